The average Bonchev–Trinajstić information content (AvgIpc) is 2.80. The first-order valence-corrected chi connectivity index (χ1v) is 9.95. The summed E-state index contributed by atoms with van der Waals surface area (Å²) in [5.74, 6) is 0.230. The van der Waals surface area contributed by atoms with Crippen molar-refractivity contribution in [3.63, 3.8) is 0 Å². The lowest BCUT2D eigenvalue weighted by atomic mass is 10.0. The number of hydrogen-bond acceptors (Lipinski definition) is 3. The molecular weight excluding hydrogens is 388 g/mol. The largest absolute Gasteiger partial charge is 0.495 e. The van der Waals surface area contributed by atoms with Gasteiger partial charge in [0.25, 0.3) is 5.91 Å². The lowest BCUT2D eigenvalue weighted by Gasteiger charge is -2.11. The third kappa shape index (κ3) is 4.73. The molecule has 0 aliphatic heterocycles. The minimum atomic E-state index is -0.252. The Labute approximate surface area is 180 Å². The predicted molar refractivity (Wildman–Crippen MR) is 124 cm³/mol. The maximum absolute atomic E-state index is 12.6. The molecule has 5 nitrogen and oxygen atoms in total. The molecule has 4 aromatic rings. The van der Waals surface area contributed by atoms with Gasteiger partial charge in [-0.2, -0.15) is 0 Å². The van der Waals surface area contributed by atoms with Crippen LogP contribution in [-0.4, -0.2) is 18.9 Å². The Kier molecular flexibility index (Phi) is 5.94. The van der Waals surface area contributed by atoms with Gasteiger partial charge in [0.15, 0.2) is 0 Å². The van der Waals surface area contributed by atoms with Gasteiger partial charge in [-0.15, -0.1) is 0 Å². The van der Waals surface area contributed by atoms with Crippen molar-refractivity contribution in [2.24, 2.45) is 0 Å². The fourth-order valence-electron chi connectivity index (χ4n) is 3.47. The highest BCUT2D eigenvalue weighted by atomic mass is 16.5. The third-order valence-electron chi connectivity index (χ3n) is 5.02. The van der Waals surface area contributed by atoms with Gasteiger partial charge in [0.2, 0.25) is 5.91 Å². The Morgan fingerprint density at radius 1 is 0.774 bits per heavy atom. The van der Waals surface area contributed by atoms with Crippen LogP contribution in [0.5, 0.6) is 5.75 Å². The SMILES string of the molecule is COc1ccccc1NC(=O)c1ccc(NC(=O)Cc2cccc3ccccc23)cc1. The van der Waals surface area contributed by atoms with Crippen LogP contribution in [0.3, 0.4) is 0 Å². The lowest BCUT2D eigenvalue weighted by molar-refractivity contribution is -0.115. The normalized spacial score (nSPS) is 10.5. The molecule has 0 aliphatic carbocycles. The van der Waals surface area contributed by atoms with Crippen LogP contribution >= 0.6 is 0 Å². The summed E-state index contributed by atoms with van der Waals surface area (Å²) in [5.41, 5.74) is 2.70. The molecule has 0 unspecified atom stereocenters. The van der Waals surface area contributed by atoms with Crippen LogP contribution in [0.1, 0.15) is 15.9 Å². The Bertz CT molecular complexity index is 1230. The van der Waals surface area contributed by atoms with E-state index >= 15 is 0 Å². The molecule has 4 aromatic carbocycles. The fraction of sp³-hybridized carbons (Fsp3) is 0.0769. The second-order valence-corrected chi connectivity index (χ2v) is 7.09. The predicted octanol–water partition coefficient (Wildman–Crippen LogP) is 5.28. The van der Waals surface area contributed by atoms with Gasteiger partial charge in [0, 0.05) is 11.3 Å². The summed E-state index contributed by atoms with van der Waals surface area (Å²) in [7, 11) is 1.56. The van der Waals surface area contributed by atoms with Gasteiger partial charge < -0.3 is 15.4 Å². The van der Waals surface area contributed by atoms with Crippen LogP contribution < -0.4 is 15.4 Å². The number of para-hydroxylation sites is 2. The van der Waals surface area contributed by atoms with E-state index in [0.717, 1.165) is 16.3 Å². The Hall–Kier alpha value is -4.12. The highest BCUT2D eigenvalue weighted by Crippen LogP contribution is 2.24. The molecule has 0 aliphatic rings. The molecule has 5 heteroatoms. The van der Waals surface area contributed by atoms with E-state index in [0.29, 0.717) is 22.7 Å². The van der Waals surface area contributed by atoms with E-state index < -0.39 is 0 Å². The van der Waals surface area contributed by atoms with Crippen molar-refractivity contribution in [1.82, 2.24) is 0 Å². The van der Waals surface area contributed by atoms with Crippen molar-refractivity contribution in [2.75, 3.05) is 17.7 Å². The Morgan fingerprint density at radius 3 is 2.29 bits per heavy atom. The van der Waals surface area contributed by atoms with Crippen molar-refractivity contribution >= 4 is 34.0 Å². The maximum atomic E-state index is 12.6. The molecule has 0 fully saturated rings. The summed E-state index contributed by atoms with van der Waals surface area (Å²) < 4.78 is 5.26. The number of benzene rings is 4. The minimum Gasteiger partial charge on any atom is -0.495 e. The van der Waals surface area contributed by atoms with Crippen LogP contribution in [0.25, 0.3) is 10.8 Å². The number of carbonyl (C=O) groups excluding carboxylic acids is 2. The monoisotopic (exact) mass is 410 g/mol. The quantitative estimate of drug-likeness (QED) is 0.454. The first-order valence-electron chi connectivity index (χ1n) is 9.95. The molecule has 4 rings (SSSR count). The van der Waals surface area contributed by atoms with E-state index in [2.05, 4.69) is 10.6 Å². The number of fused-ring (bicyclic) bond motifs is 1. The first-order chi connectivity index (χ1) is 15.1. The van der Waals surface area contributed by atoms with Gasteiger partial charge >= 0.3 is 0 Å². The van der Waals surface area contributed by atoms with E-state index in [1.807, 2.05) is 54.6 Å². The average molecular weight is 410 g/mol. The van der Waals surface area contributed by atoms with Crippen molar-refractivity contribution < 1.29 is 14.3 Å². The molecule has 0 bridgehead atoms. The third-order valence-corrected chi connectivity index (χ3v) is 5.02. The number of anilines is 2. The van der Waals surface area contributed by atoms with Crippen LogP contribution in [0.2, 0.25) is 0 Å². The van der Waals surface area contributed by atoms with Gasteiger partial charge in [0.1, 0.15) is 5.75 Å². The van der Waals surface area contributed by atoms with Crippen LogP contribution in [0.15, 0.2) is 91.0 Å². The fourth-order valence-corrected chi connectivity index (χ4v) is 3.47. The van der Waals surface area contributed by atoms with E-state index in [4.69, 9.17) is 4.74 Å². The lowest BCUT2D eigenvalue weighted by Crippen LogP contribution is -2.15. The summed E-state index contributed by atoms with van der Waals surface area (Å²) in [5, 5.41) is 7.92. The number of rotatable bonds is 6. The number of ether oxygens (including phenoxy) is 1. The summed E-state index contributed by atoms with van der Waals surface area (Å²) in [6.07, 6.45) is 0.275. The van der Waals surface area contributed by atoms with E-state index in [1.165, 1.54) is 0 Å². The van der Waals surface area contributed by atoms with Crippen LogP contribution in [-0.2, 0) is 11.2 Å². The highest BCUT2D eigenvalue weighted by molar-refractivity contribution is 6.05. The van der Waals surface area contributed by atoms with Crippen molar-refractivity contribution in [1.29, 1.82) is 0 Å². The summed E-state index contributed by atoms with van der Waals surface area (Å²) in [6, 6.07) is 28.0. The standard InChI is InChI=1S/C26H22N2O3/c1-31-24-12-5-4-11-23(24)28-26(30)19-13-15-21(16-14-19)27-25(29)17-20-9-6-8-18-7-2-3-10-22(18)20/h2-16H,17H2,1H3,(H,27,29)(H,28,30). The van der Waals surface area contributed by atoms with Crippen molar-refractivity contribution in [3.8, 4) is 5.75 Å². The smallest absolute Gasteiger partial charge is 0.255 e. The summed E-state index contributed by atoms with van der Waals surface area (Å²) >= 11 is 0. The number of carbonyl (C=O) groups is 2. The minimum absolute atomic E-state index is 0.109. The number of amides is 2. The van der Waals surface area contributed by atoms with Gasteiger partial charge in [-0.25, -0.2) is 0 Å². The molecule has 2 N–H and O–H groups in total. The van der Waals surface area contributed by atoms with Crippen LogP contribution in [0, 0.1) is 0 Å². The zero-order chi connectivity index (χ0) is 21.6. The van der Waals surface area contributed by atoms with Gasteiger partial charge in [-0.05, 0) is 52.7 Å². The van der Waals surface area contributed by atoms with Crippen molar-refractivity contribution in [3.05, 3.63) is 102 Å². The molecule has 0 heterocycles. The van der Waals surface area contributed by atoms with Gasteiger partial charge in [-0.1, -0.05) is 54.6 Å². The van der Waals surface area contributed by atoms with E-state index in [9.17, 15) is 9.59 Å². The zero-order valence-corrected chi connectivity index (χ0v) is 17.1. The molecule has 31 heavy (non-hydrogen) atoms. The number of nitrogens with one attached hydrogen (secondary N) is 2. The maximum Gasteiger partial charge on any atom is 0.255 e. The van der Waals surface area contributed by atoms with E-state index in [-0.39, 0.29) is 18.2 Å². The molecule has 0 atom stereocenters. The molecule has 0 spiro atoms. The number of hydrogen-bond donors (Lipinski definition) is 2. The highest BCUT2D eigenvalue weighted by Gasteiger charge is 2.11. The van der Waals surface area contributed by atoms with Gasteiger partial charge in [-0.3, -0.25) is 9.59 Å². The molecule has 0 radical (unpaired) electrons. The van der Waals surface area contributed by atoms with Crippen LogP contribution in [0.4, 0.5) is 11.4 Å². The Morgan fingerprint density at radius 2 is 1.48 bits per heavy atom. The summed E-state index contributed by atoms with van der Waals surface area (Å²) in [4.78, 5) is 25.1. The van der Waals surface area contributed by atoms with Gasteiger partial charge in [0.05, 0.1) is 19.2 Å². The second kappa shape index (κ2) is 9.13. The van der Waals surface area contributed by atoms with Crippen molar-refractivity contribution in [2.45, 2.75) is 6.42 Å². The topological polar surface area (TPSA) is 67.4 Å². The zero-order valence-electron chi connectivity index (χ0n) is 17.1. The molecular formula is C26H22N2O3. The van der Waals surface area contributed by atoms with E-state index in [1.54, 1.807) is 43.5 Å². The molecule has 0 saturated carbocycles. The summed E-state index contributed by atoms with van der Waals surface area (Å²) in [6.45, 7) is 0. The second-order valence-electron chi connectivity index (χ2n) is 7.09. The number of methoxy groups -OCH3 is 1. The molecule has 0 saturated heterocycles. The molecule has 154 valence electrons. The molecule has 0 aromatic heterocycles. The molecule has 2 amide bonds. The Balaban J connectivity index is 1.41. The first kappa shape index (κ1) is 20.2.